The lowest BCUT2D eigenvalue weighted by Crippen LogP contribution is -2.57. The van der Waals surface area contributed by atoms with Gasteiger partial charge in [-0.1, -0.05) is 60.7 Å². The maximum absolute atomic E-state index is 14.0. The molecule has 40 nitrogen and oxygen atoms in total. The van der Waals surface area contributed by atoms with Crippen LogP contribution in [0.25, 0.3) is 139 Å². The fourth-order valence-electron chi connectivity index (χ4n) is 20.6. The summed E-state index contributed by atoms with van der Waals surface area (Å²) < 4.78 is 9.86. The van der Waals surface area contributed by atoms with Crippen molar-refractivity contribution in [3.05, 3.63) is 212 Å². The van der Waals surface area contributed by atoms with E-state index >= 15 is 0 Å². The molecule has 15 aromatic heterocycles. The Bertz CT molecular complexity index is 8460. The second-order valence-corrected chi connectivity index (χ2v) is 38.5. The number of anilines is 5. The van der Waals surface area contributed by atoms with Crippen LogP contribution in [0.5, 0.6) is 0 Å². The highest BCUT2D eigenvalue weighted by atomic mass is 16.2. The van der Waals surface area contributed by atoms with Crippen molar-refractivity contribution in [3.8, 4) is 0 Å². The SMILES string of the molecule is CN(C)CCNC(=O)c1c(NC2CC2)c2cncnc2n2c1nc1ccccc12.CN1CCCN(C(=O)c2c(NC3CC3)c3cncnc3n3c2nc2ccccc23)CC1.CNc1c(C(=O)N2CCCN(C)CC2)c2nc3ccccc3n2c2ncncc12.CNc1c(C(=O)N2C[C@@H](C)N[C@@H](C)C2)c2nc3ccccc3n2c2ncncc12.CNc1c(C(=O)NC2CN(C)C2)c2nc3ccccc3n2c2ncncc12. The summed E-state index contributed by atoms with van der Waals surface area (Å²) in [5, 5.41) is 30.5. The molecule has 0 unspecified atom stereocenters. The molecule has 19 heterocycles. The van der Waals surface area contributed by atoms with E-state index in [-0.39, 0.29) is 47.7 Å². The first-order valence-electron chi connectivity index (χ1n) is 49.4. The molecule has 145 heavy (non-hydrogen) atoms. The summed E-state index contributed by atoms with van der Waals surface area (Å²) in [4.78, 5) is 151. The van der Waals surface area contributed by atoms with Crippen LogP contribution in [0.4, 0.5) is 28.4 Å². The number of likely N-dealkylation sites (N-methyl/N-ethyl adjacent to an activating group) is 4. The Morgan fingerprint density at radius 3 is 0.979 bits per heavy atom. The number of piperazine rings is 1. The van der Waals surface area contributed by atoms with E-state index in [0.29, 0.717) is 112 Å². The van der Waals surface area contributed by atoms with Crippen molar-refractivity contribution in [2.45, 2.75) is 82.6 Å². The third kappa shape index (κ3) is 17.7. The largest absolute Gasteiger partial charge is 0.387 e. The number of carbonyl (C=O) groups excluding carboxylic acids is 5. The van der Waals surface area contributed by atoms with E-state index in [1.807, 2.05) is 204 Å². The first-order chi connectivity index (χ1) is 70.8. The monoisotopic (exact) mass is 1940 g/mol. The zero-order valence-corrected chi connectivity index (χ0v) is 82.5. The van der Waals surface area contributed by atoms with Crippen LogP contribution in [0.2, 0.25) is 0 Å². The predicted molar refractivity (Wildman–Crippen MR) is 565 cm³/mol. The number of likely N-dealkylation sites (tertiary alicyclic amines) is 1. The van der Waals surface area contributed by atoms with Gasteiger partial charge in [-0.15, -0.1) is 0 Å². The Hall–Kier alpha value is -16.3. The summed E-state index contributed by atoms with van der Waals surface area (Å²) in [6.07, 6.45) is 22.8. The maximum atomic E-state index is 14.0. The second kappa shape index (κ2) is 39.5. The molecule has 2 saturated carbocycles. The lowest BCUT2D eigenvalue weighted by Gasteiger charge is -2.36. The van der Waals surface area contributed by atoms with Crippen LogP contribution >= 0.6 is 0 Å². The number of nitrogens with zero attached hydrogens (tertiary/aromatic N) is 27. The van der Waals surface area contributed by atoms with Crippen LogP contribution in [0.3, 0.4) is 0 Å². The van der Waals surface area contributed by atoms with Gasteiger partial charge in [0, 0.05) is 155 Å². The molecule has 5 amide bonds. The van der Waals surface area contributed by atoms with E-state index in [0.717, 1.165) is 225 Å². The highest BCUT2D eigenvalue weighted by Crippen LogP contribution is 2.42. The molecule has 4 aliphatic heterocycles. The molecule has 8 N–H and O–H groups in total. The van der Waals surface area contributed by atoms with Gasteiger partial charge >= 0.3 is 0 Å². The van der Waals surface area contributed by atoms with E-state index in [1.54, 1.807) is 38.2 Å². The Morgan fingerprint density at radius 1 is 0.345 bits per heavy atom. The van der Waals surface area contributed by atoms with E-state index in [1.165, 1.54) is 25.3 Å². The number of imidazole rings is 5. The van der Waals surface area contributed by atoms with Gasteiger partial charge in [-0.05, 0) is 161 Å². The number of fused-ring (bicyclic) bond motifs is 25. The Morgan fingerprint density at radius 2 is 0.648 bits per heavy atom. The van der Waals surface area contributed by atoms with Gasteiger partial charge < -0.3 is 76.8 Å². The summed E-state index contributed by atoms with van der Waals surface area (Å²) in [5.41, 5.74) is 22.2. The second-order valence-electron chi connectivity index (χ2n) is 38.5. The number of aromatic nitrogens is 20. The third-order valence-electron chi connectivity index (χ3n) is 27.8. The molecule has 0 radical (unpaired) electrons. The summed E-state index contributed by atoms with van der Waals surface area (Å²) in [6.45, 7) is 15.2. The van der Waals surface area contributed by atoms with Gasteiger partial charge in [-0.2, -0.15) is 0 Å². The van der Waals surface area contributed by atoms with Crippen LogP contribution < -0.4 is 42.5 Å². The molecular formula is C105H113N35O5. The zero-order valence-electron chi connectivity index (χ0n) is 82.5. The van der Waals surface area contributed by atoms with Gasteiger partial charge in [0.25, 0.3) is 29.5 Å². The van der Waals surface area contributed by atoms with Crippen LogP contribution in [0.1, 0.15) is 104 Å². The number of para-hydroxylation sites is 10. The van der Waals surface area contributed by atoms with E-state index in [4.69, 9.17) is 24.9 Å². The molecule has 2 atom stereocenters. The van der Waals surface area contributed by atoms with Gasteiger partial charge in [-0.3, -0.25) is 46.0 Å². The molecule has 5 aromatic carbocycles. The average molecular weight is 1950 g/mol. The van der Waals surface area contributed by atoms with Crippen molar-refractivity contribution in [1.82, 2.24) is 147 Å². The molecule has 0 spiro atoms. The van der Waals surface area contributed by atoms with Crippen molar-refractivity contribution in [3.63, 3.8) is 0 Å². The highest BCUT2D eigenvalue weighted by Gasteiger charge is 2.38. The van der Waals surface area contributed by atoms with E-state index in [2.05, 4.69) is 135 Å². The van der Waals surface area contributed by atoms with Crippen LogP contribution in [-0.2, 0) is 0 Å². The summed E-state index contributed by atoms with van der Waals surface area (Å²) in [5.74, 6) is -0.273. The number of rotatable bonds is 16. The molecular weight excluding hydrogens is 1830 g/mol. The van der Waals surface area contributed by atoms with Crippen molar-refractivity contribution in [1.29, 1.82) is 0 Å². The van der Waals surface area contributed by atoms with E-state index in [9.17, 15) is 24.0 Å². The molecule has 20 aromatic rings. The number of hydrogen-bond acceptors (Lipinski definition) is 30. The van der Waals surface area contributed by atoms with Crippen molar-refractivity contribution in [2.75, 3.05) is 175 Å². The van der Waals surface area contributed by atoms with E-state index < -0.39 is 0 Å². The fourth-order valence-corrected chi connectivity index (χ4v) is 20.6. The third-order valence-corrected chi connectivity index (χ3v) is 27.8. The first-order valence-corrected chi connectivity index (χ1v) is 49.4. The minimum Gasteiger partial charge on any atom is -0.387 e. The maximum Gasteiger partial charge on any atom is 0.259 e. The number of pyridine rings is 5. The Labute approximate surface area is 831 Å². The number of hydrogen-bond donors (Lipinski definition) is 8. The molecule has 6 aliphatic rings. The van der Waals surface area contributed by atoms with Gasteiger partial charge in [0.2, 0.25) is 0 Å². The smallest absolute Gasteiger partial charge is 0.259 e. The van der Waals surface area contributed by atoms with Crippen molar-refractivity contribution >= 4 is 197 Å². The average Bonchev–Trinajstić information content (AvgIpc) is 1.60. The molecule has 738 valence electrons. The zero-order chi connectivity index (χ0) is 99.5. The van der Waals surface area contributed by atoms with Gasteiger partial charge in [0.1, 0.15) is 59.5 Å². The van der Waals surface area contributed by atoms with Crippen LogP contribution in [0.15, 0.2) is 184 Å². The lowest BCUT2D eigenvalue weighted by molar-refractivity contribution is 0.0675. The topological polar surface area (TPSA) is 420 Å². The van der Waals surface area contributed by atoms with Gasteiger partial charge in [0.05, 0.1) is 117 Å². The molecule has 6 fully saturated rings. The molecule has 40 heteroatoms. The molecule has 2 aliphatic carbocycles. The summed E-state index contributed by atoms with van der Waals surface area (Å²) in [6, 6.07) is 40.8. The summed E-state index contributed by atoms with van der Waals surface area (Å²) in [7, 11) is 15.7. The molecule has 26 rings (SSSR count). The Kier molecular flexibility index (Phi) is 25.5. The van der Waals surface area contributed by atoms with Crippen molar-refractivity contribution in [2.24, 2.45) is 0 Å². The van der Waals surface area contributed by atoms with Gasteiger partial charge in [0.15, 0.2) is 56.5 Å². The molecule has 0 bridgehead atoms. The Balaban J connectivity index is 0.000000103. The number of nitrogens with one attached hydrogen (secondary N) is 8. The quantitative estimate of drug-likeness (QED) is 0.0445. The normalized spacial score (nSPS) is 16.7. The minimum atomic E-state index is -0.138. The van der Waals surface area contributed by atoms with Gasteiger partial charge in [-0.25, -0.2) is 74.8 Å². The fraction of sp³-hybridized carbons (Fsp3) is 0.333. The van der Waals surface area contributed by atoms with Crippen LogP contribution in [-0.4, -0.2) is 339 Å². The number of benzene rings is 5. The lowest BCUT2D eigenvalue weighted by atomic mass is 10.1. The first kappa shape index (κ1) is 93.7. The number of amides is 5. The number of carbonyl (C=O) groups is 5. The highest BCUT2D eigenvalue weighted by molar-refractivity contribution is 6.19. The summed E-state index contributed by atoms with van der Waals surface area (Å²) >= 11 is 0. The standard InChI is InChI=1S/C23H25N7O.3C21H23N7O.C19H19N7O/c1-28-9-4-10-29(12-11-28)23(31)19-20(26-15-7-8-15)16-13-24-14-25-21(16)30-18-6-3-2-5-17(18)27-22(19)30;1-12-9-27(10-13(2)25-12)21(29)17-18(22-3)14-8-23-11-24-19(14)28-16-7-5-4-6-15(16)26-20(17)28;1-22-18-14-12-23-13-24-19(14)28-16-7-4-3-6-15(16)25-20(28)17(18)21(29)27-9-5-8-26(2)10-11-27;1-27(2)10-9-23-21(29)17-18(25-13-7-8-13)14-11-22-12-24-19(14)28-16-6-4-3-5-15(16)26-20(17)28;1-20-16-12-7-21-10-22-17(12)26-14-6-4-3-5-13(14)24-18(26)15(16)19(27)23-11-8-25(2)9-11/h2-3,5-6,13-15,26H,4,7-12H2,1H3;4-8,11-13,22,25H,9-10H2,1-3H3;3-4,6-7,12-13,22H,5,8-11H2,1-2H3;3-6,11-13,25H,7-10H2,1-2H3,(H,23,29);3-7,10-11,20H,8-9H2,1-2H3,(H,23,27)/t;12-,13+;;;. The molecule has 4 saturated heterocycles. The predicted octanol–water partition coefficient (Wildman–Crippen LogP) is 11.1. The van der Waals surface area contributed by atoms with Crippen molar-refractivity contribution < 1.29 is 24.0 Å². The minimum absolute atomic E-state index is 0.00397. The van der Waals surface area contributed by atoms with Crippen LogP contribution in [0, 0.1) is 0 Å².